The Morgan fingerprint density at radius 2 is 2.27 bits per heavy atom. The van der Waals surface area contributed by atoms with Gasteiger partial charge in [0.1, 0.15) is 6.61 Å². The van der Waals surface area contributed by atoms with Crippen LogP contribution >= 0.6 is 0 Å². The quantitative estimate of drug-likeness (QED) is 0.742. The number of rotatable bonds is 1. The maximum Gasteiger partial charge on any atom is 0.407 e. The van der Waals surface area contributed by atoms with Crippen LogP contribution in [0.3, 0.4) is 0 Å². The monoisotopic (exact) mass is 202 g/mol. The molecule has 1 saturated heterocycles. The minimum atomic E-state index is -0.341. The molecule has 2 N–H and O–H groups in total. The summed E-state index contributed by atoms with van der Waals surface area (Å²) in [5.41, 5.74) is 2.14. The lowest BCUT2D eigenvalue weighted by molar-refractivity contribution is 0.177. The minimum Gasteiger partial charge on any atom is -0.447 e. The smallest absolute Gasteiger partial charge is 0.407 e. The summed E-state index contributed by atoms with van der Waals surface area (Å²) in [6.45, 7) is 0.408. The minimum absolute atomic E-state index is 0.0230. The van der Waals surface area contributed by atoms with Crippen LogP contribution in [-0.2, 0) is 4.74 Å². The van der Waals surface area contributed by atoms with Gasteiger partial charge in [0.2, 0.25) is 0 Å². The molecule has 76 valence electrons. The second-order valence-electron chi connectivity index (χ2n) is 3.62. The zero-order chi connectivity index (χ0) is 10.3. The van der Waals surface area contributed by atoms with Gasteiger partial charge in [-0.05, 0) is 23.1 Å². The van der Waals surface area contributed by atoms with Crippen molar-refractivity contribution in [2.75, 3.05) is 6.61 Å². The van der Waals surface area contributed by atoms with Gasteiger partial charge in [0.25, 0.3) is 0 Å². The molecular formula is C11H10N2O2. The lowest BCUT2D eigenvalue weighted by Gasteiger charge is -2.07. The standard InChI is InChI=1S/C11H10N2O2/c14-11-13-10(6-15-11)8-2-1-7-3-4-12-9(7)5-8/h1-5,10,12H,6H2,(H,13,14)/t10-/m1/s1. The fraction of sp³-hybridized carbons (Fsp3) is 0.182. The average molecular weight is 202 g/mol. The van der Waals surface area contributed by atoms with E-state index in [1.165, 1.54) is 5.39 Å². The van der Waals surface area contributed by atoms with Crippen LogP contribution in [0.4, 0.5) is 4.79 Å². The summed E-state index contributed by atoms with van der Waals surface area (Å²) in [6, 6.07) is 8.07. The SMILES string of the molecule is O=C1N[C@@H](c2ccc3cc[nH]c3c2)CO1. The number of fused-ring (bicyclic) bond motifs is 1. The number of hydrogen-bond donors (Lipinski definition) is 2. The highest BCUT2D eigenvalue weighted by Gasteiger charge is 2.23. The number of aromatic nitrogens is 1. The predicted molar refractivity (Wildman–Crippen MR) is 55.5 cm³/mol. The summed E-state index contributed by atoms with van der Waals surface area (Å²) < 4.78 is 4.85. The van der Waals surface area contributed by atoms with Crippen molar-refractivity contribution < 1.29 is 9.53 Å². The third kappa shape index (κ3) is 1.34. The van der Waals surface area contributed by atoms with Gasteiger partial charge in [-0.1, -0.05) is 12.1 Å². The molecule has 0 saturated carbocycles. The summed E-state index contributed by atoms with van der Waals surface area (Å²) >= 11 is 0. The van der Waals surface area contributed by atoms with Crippen LogP contribution in [0, 0.1) is 0 Å². The Balaban J connectivity index is 2.00. The molecule has 3 rings (SSSR count). The molecule has 1 aromatic carbocycles. The van der Waals surface area contributed by atoms with Crippen LogP contribution < -0.4 is 5.32 Å². The number of carbonyl (C=O) groups excluding carboxylic acids is 1. The Hall–Kier alpha value is -1.97. The predicted octanol–water partition coefficient (Wildman–Crippen LogP) is 1.95. The fourth-order valence-electron chi connectivity index (χ4n) is 1.85. The Morgan fingerprint density at radius 1 is 1.33 bits per heavy atom. The molecule has 4 nitrogen and oxygen atoms in total. The lowest BCUT2D eigenvalue weighted by Crippen LogP contribution is -2.18. The highest BCUT2D eigenvalue weighted by atomic mass is 16.6. The summed E-state index contributed by atoms with van der Waals surface area (Å²) in [5.74, 6) is 0. The molecule has 1 fully saturated rings. The van der Waals surface area contributed by atoms with Gasteiger partial charge in [0.15, 0.2) is 0 Å². The molecule has 15 heavy (non-hydrogen) atoms. The molecule has 0 aliphatic carbocycles. The number of cyclic esters (lactones) is 1. The van der Waals surface area contributed by atoms with E-state index in [0.717, 1.165) is 11.1 Å². The van der Waals surface area contributed by atoms with Crippen molar-refractivity contribution in [3.63, 3.8) is 0 Å². The van der Waals surface area contributed by atoms with E-state index in [9.17, 15) is 4.79 Å². The zero-order valence-corrected chi connectivity index (χ0v) is 7.99. The van der Waals surface area contributed by atoms with Crippen LogP contribution in [0.2, 0.25) is 0 Å². The van der Waals surface area contributed by atoms with E-state index in [2.05, 4.69) is 10.3 Å². The van der Waals surface area contributed by atoms with E-state index in [0.29, 0.717) is 6.61 Å². The largest absolute Gasteiger partial charge is 0.447 e. The number of benzene rings is 1. The number of H-pyrrole nitrogens is 1. The van der Waals surface area contributed by atoms with Gasteiger partial charge in [-0.2, -0.15) is 0 Å². The zero-order valence-electron chi connectivity index (χ0n) is 7.99. The first-order chi connectivity index (χ1) is 7.33. The van der Waals surface area contributed by atoms with Crippen LogP contribution in [-0.4, -0.2) is 17.7 Å². The molecule has 4 heteroatoms. The Morgan fingerprint density at radius 3 is 3.07 bits per heavy atom. The molecule has 0 bridgehead atoms. The average Bonchev–Trinajstić information content (AvgIpc) is 2.84. The van der Waals surface area contributed by atoms with Crippen molar-refractivity contribution >= 4 is 17.0 Å². The van der Waals surface area contributed by atoms with Gasteiger partial charge in [0.05, 0.1) is 6.04 Å². The van der Waals surface area contributed by atoms with E-state index >= 15 is 0 Å². The summed E-state index contributed by atoms with van der Waals surface area (Å²) in [7, 11) is 0. The maximum absolute atomic E-state index is 10.9. The number of ether oxygens (including phenoxy) is 1. The van der Waals surface area contributed by atoms with Crippen molar-refractivity contribution in [1.29, 1.82) is 0 Å². The summed E-state index contributed by atoms with van der Waals surface area (Å²) in [6.07, 6.45) is 1.56. The van der Waals surface area contributed by atoms with Crippen molar-refractivity contribution in [2.45, 2.75) is 6.04 Å². The van der Waals surface area contributed by atoms with Crippen LogP contribution in [0.5, 0.6) is 0 Å². The molecule has 1 amide bonds. The highest BCUT2D eigenvalue weighted by molar-refractivity contribution is 5.80. The van der Waals surface area contributed by atoms with Gasteiger partial charge in [-0.15, -0.1) is 0 Å². The molecule has 0 radical (unpaired) electrons. The molecule has 1 atom stereocenters. The molecule has 2 heterocycles. The second kappa shape index (κ2) is 3.02. The number of nitrogens with one attached hydrogen (secondary N) is 2. The van der Waals surface area contributed by atoms with Crippen molar-refractivity contribution in [1.82, 2.24) is 10.3 Å². The second-order valence-corrected chi connectivity index (χ2v) is 3.62. The van der Waals surface area contributed by atoms with Crippen LogP contribution in [0.15, 0.2) is 30.5 Å². The Kier molecular flexibility index (Phi) is 1.68. The van der Waals surface area contributed by atoms with Gasteiger partial charge in [-0.3, -0.25) is 0 Å². The van der Waals surface area contributed by atoms with E-state index in [1.807, 2.05) is 30.5 Å². The third-order valence-electron chi connectivity index (χ3n) is 2.65. The van der Waals surface area contributed by atoms with Gasteiger partial charge in [-0.25, -0.2) is 4.79 Å². The molecule has 0 unspecified atom stereocenters. The molecule has 2 aromatic rings. The molecular weight excluding hydrogens is 192 g/mol. The lowest BCUT2D eigenvalue weighted by atomic mass is 10.1. The number of hydrogen-bond acceptors (Lipinski definition) is 2. The summed E-state index contributed by atoms with van der Waals surface area (Å²) in [4.78, 5) is 14.0. The maximum atomic E-state index is 10.9. The van der Waals surface area contributed by atoms with E-state index in [4.69, 9.17) is 4.74 Å². The highest BCUT2D eigenvalue weighted by Crippen LogP contribution is 2.22. The van der Waals surface area contributed by atoms with Crippen LogP contribution in [0.1, 0.15) is 11.6 Å². The number of aromatic amines is 1. The van der Waals surface area contributed by atoms with Gasteiger partial charge in [0, 0.05) is 11.7 Å². The Labute approximate surface area is 86.2 Å². The van der Waals surface area contributed by atoms with Crippen LogP contribution in [0.25, 0.3) is 10.9 Å². The first-order valence-electron chi connectivity index (χ1n) is 4.83. The van der Waals surface area contributed by atoms with Gasteiger partial charge >= 0.3 is 6.09 Å². The van der Waals surface area contributed by atoms with Crippen molar-refractivity contribution in [3.05, 3.63) is 36.0 Å². The molecule has 1 aliphatic heterocycles. The third-order valence-corrected chi connectivity index (χ3v) is 2.65. The fourth-order valence-corrected chi connectivity index (χ4v) is 1.85. The topological polar surface area (TPSA) is 54.1 Å². The first kappa shape index (κ1) is 8.35. The Bertz CT molecular complexity index is 518. The summed E-state index contributed by atoms with van der Waals surface area (Å²) in [5, 5.41) is 3.92. The van der Waals surface area contributed by atoms with E-state index in [1.54, 1.807) is 0 Å². The van der Waals surface area contributed by atoms with E-state index < -0.39 is 0 Å². The van der Waals surface area contributed by atoms with Crippen molar-refractivity contribution in [2.24, 2.45) is 0 Å². The van der Waals surface area contributed by atoms with E-state index in [-0.39, 0.29) is 12.1 Å². The molecule has 1 aliphatic rings. The number of amides is 1. The molecule has 1 aromatic heterocycles. The molecule has 0 spiro atoms. The normalized spacial score (nSPS) is 20.3. The van der Waals surface area contributed by atoms with Crippen molar-refractivity contribution in [3.8, 4) is 0 Å². The number of alkyl carbamates (subject to hydrolysis) is 1. The first-order valence-corrected chi connectivity index (χ1v) is 4.83. The number of carbonyl (C=O) groups is 1. The van der Waals surface area contributed by atoms with Gasteiger partial charge < -0.3 is 15.0 Å².